The Labute approximate surface area is 210 Å². The quantitative estimate of drug-likeness (QED) is 0.176. The summed E-state index contributed by atoms with van der Waals surface area (Å²) in [7, 11) is 3.42. The minimum Gasteiger partial charge on any atom is -0.361 e. The lowest BCUT2D eigenvalue weighted by atomic mass is 10.2. The molecule has 2 aromatic rings. The van der Waals surface area contributed by atoms with E-state index >= 15 is 0 Å². The van der Waals surface area contributed by atoms with Crippen LogP contribution in [0.1, 0.15) is 17.0 Å². The number of piperazine rings is 1. The van der Waals surface area contributed by atoms with E-state index in [-0.39, 0.29) is 42.1 Å². The molecule has 2 heterocycles. The number of rotatable bonds is 7. The fourth-order valence-electron chi connectivity index (χ4n) is 3.31. The Kier molecular flexibility index (Phi) is 10.0. The molecule has 1 aromatic heterocycles. The van der Waals surface area contributed by atoms with Crippen LogP contribution in [0.4, 0.5) is 5.69 Å². The predicted molar refractivity (Wildman–Crippen MR) is 134 cm³/mol. The highest BCUT2D eigenvalue weighted by atomic mass is 127. The highest BCUT2D eigenvalue weighted by Crippen LogP contribution is 2.13. The SMILES string of the molecule is Cc1cc(CN2CCN(C(=NCc3ccc([N+](=O)[O-])cc3)NCC(=O)N(C)C)CC2)no1.I. The van der Waals surface area contributed by atoms with Crippen molar-refractivity contribution >= 4 is 41.5 Å². The van der Waals surface area contributed by atoms with Crippen molar-refractivity contribution in [2.24, 2.45) is 4.99 Å². The second kappa shape index (κ2) is 12.5. The van der Waals surface area contributed by atoms with E-state index in [9.17, 15) is 14.9 Å². The Balaban J connectivity index is 0.00000385. The number of benzene rings is 1. The number of likely N-dealkylation sites (N-methyl/N-ethyl adjacent to an activating group) is 1. The molecule has 0 bridgehead atoms. The number of guanidine groups is 1. The van der Waals surface area contributed by atoms with E-state index < -0.39 is 4.92 Å². The lowest BCUT2D eigenvalue weighted by Crippen LogP contribution is -2.53. The lowest BCUT2D eigenvalue weighted by Gasteiger charge is -2.36. The number of carbonyl (C=O) groups excluding carboxylic acids is 1. The molecule has 1 aliphatic heterocycles. The van der Waals surface area contributed by atoms with Crippen LogP contribution in [-0.4, -0.2) is 83.5 Å². The van der Waals surface area contributed by atoms with Crippen molar-refractivity contribution in [3.8, 4) is 0 Å². The molecule has 1 N–H and O–H groups in total. The maximum atomic E-state index is 12.1. The summed E-state index contributed by atoms with van der Waals surface area (Å²) in [5, 5.41) is 18.1. The number of aromatic nitrogens is 1. The summed E-state index contributed by atoms with van der Waals surface area (Å²) in [4.78, 5) is 33.1. The highest BCUT2D eigenvalue weighted by molar-refractivity contribution is 14.0. The first kappa shape index (κ1) is 26.5. The normalized spacial score (nSPS) is 14.5. The van der Waals surface area contributed by atoms with Crippen LogP contribution in [0.5, 0.6) is 0 Å². The number of hydrogen-bond donors (Lipinski definition) is 1. The summed E-state index contributed by atoms with van der Waals surface area (Å²) in [5.41, 5.74) is 1.82. The fourth-order valence-corrected chi connectivity index (χ4v) is 3.31. The average molecular weight is 571 g/mol. The monoisotopic (exact) mass is 571 g/mol. The third-order valence-corrected chi connectivity index (χ3v) is 5.19. The number of nitrogens with zero attached hydrogens (tertiary/aromatic N) is 6. The first-order valence-corrected chi connectivity index (χ1v) is 10.4. The van der Waals surface area contributed by atoms with Crippen LogP contribution in [0.25, 0.3) is 0 Å². The minimum absolute atomic E-state index is 0. The van der Waals surface area contributed by atoms with Gasteiger partial charge in [-0.2, -0.15) is 0 Å². The van der Waals surface area contributed by atoms with Crippen LogP contribution >= 0.6 is 24.0 Å². The van der Waals surface area contributed by atoms with E-state index in [0.29, 0.717) is 12.5 Å². The second-order valence-electron chi connectivity index (χ2n) is 7.90. The van der Waals surface area contributed by atoms with Gasteiger partial charge in [0.25, 0.3) is 5.69 Å². The molecule has 12 heteroatoms. The standard InChI is InChI=1S/C21H29N7O4.HI/c1-16-12-18(24-32-16)15-26-8-10-27(11-9-26)21(23-14-20(29)25(2)3)22-13-17-4-6-19(7-5-17)28(30)31;/h4-7,12H,8-11,13-15H2,1-3H3,(H,22,23);1H. The molecule has 0 radical (unpaired) electrons. The topological polar surface area (TPSA) is 120 Å². The van der Waals surface area contributed by atoms with E-state index in [1.165, 1.54) is 17.0 Å². The maximum Gasteiger partial charge on any atom is 0.269 e. The Morgan fingerprint density at radius 3 is 2.45 bits per heavy atom. The van der Waals surface area contributed by atoms with Gasteiger partial charge in [0.1, 0.15) is 5.76 Å². The van der Waals surface area contributed by atoms with E-state index in [1.54, 1.807) is 26.2 Å². The molecule has 1 saturated heterocycles. The van der Waals surface area contributed by atoms with Gasteiger partial charge in [0, 0.05) is 65.0 Å². The number of non-ortho nitro benzene ring substituents is 1. The number of carbonyl (C=O) groups is 1. The molecule has 3 rings (SSSR count). The number of hydrogen-bond acceptors (Lipinski definition) is 7. The summed E-state index contributed by atoms with van der Waals surface area (Å²) >= 11 is 0. The van der Waals surface area contributed by atoms with Gasteiger partial charge in [0.2, 0.25) is 5.91 Å². The maximum absolute atomic E-state index is 12.1. The Morgan fingerprint density at radius 2 is 1.91 bits per heavy atom. The summed E-state index contributed by atoms with van der Waals surface area (Å²) in [6.07, 6.45) is 0. The molecule has 0 atom stereocenters. The number of aryl methyl sites for hydroxylation is 1. The Hall–Kier alpha value is -2.74. The third kappa shape index (κ3) is 7.96. The van der Waals surface area contributed by atoms with Crippen LogP contribution in [0.15, 0.2) is 39.8 Å². The van der Waals surface area contributed by atoms with E-state index in [2.05, 4.69) is 25.3 Å². The number of nitro groups is 1. The average Bonchev–Trinajstić information content (AvgIpc) is 3.19. The van der Waals surface area contributed by atoms with E-state index in [1.807, 2.05) is 13.0 Å². The largest absolute Gasteiger partial charge is 0.361 e. The molecule has 0 unspecified atom stereocenters. The number of nitrogens with one attached hydrogen (secondary N) is 1. The van der Waals surface area contributed by atoms with Gasteiger partial charge in [-0.3, -0.25) is 19.8 Å². The number of nitro benzene ring substituents is 1. The van der Waals surface area contributed by atoms with Crippen LogP contribution in [0.3, 0.4) is 0 Å². The molecular weight excluding hydrogens is 541 g/mol. The van der Waals surface area contributed by atoms with Crippen molar-refractivity contribution in [2.75, 3.05) is 46.8 Å². The van der Waals surface area contributed by atoms with E-state index in [4.69, 9.17) is 4.52 Å². The number of halogens is 1. The van der Waals surface area contributed by atoms with Gasteiger partial charge in [0.05, 0.1) is 23.7 Å². The number of amides is 1. The van der Waals surface area contributed by atoms with Gasteiger partial charge in [-0.25, -0.2) is 4.99 Å². The predicted octanol–water partition coefficient (Wildman–Crippen LogP) is 1.86. The van der Waals surface area contributed by atoms with Crippen molar-refractivity contribution in [3.63, 3.8) is 0 Å². The molecule has 1 amide bonds. The van der Waals surface area contributed by atoms with Crippen LogP contribution in [0, 0.1) is 17.0 Å². The zero-order valence-electron chi connectivity index (χ0n) is 19.1. The van der Waals surface area contributed by atoms with Gasteiger partial charge in [-0.15, -0.1) is 24.0 Å². The molecule has 1 aromatic carbocycles. The van der Waals surface area contributed by atoms with Gasteiger partial charge in [-0.05, 0) is 12.5 Å². The summed E-state index contributed by atoms with van der Waals surface area (Å²) in [5.74, 6) is 1.40. The highest BCUT2D eigenvalue weighted by Gasteiger charge is 2.21. The third-order valence-electron chi connectivity index (χ3n) is 5.19. The summed E-state index contributed by atoms with van der Waals surface area (Å²) < 4.78 is 5.14. The zero-order chi connectivity index (χ0) is 23.1. The van der Waals surface area contributed by atoms with E-state index in [0.717, 1.165) is 49.7 Å². The first-order valence-electron chi connectivity index (χ1n) is 10.4. The van der Waals surface area contributed by atoms with Crippen LogP contribution in [-0.2, 0) is 17.9 Å². The lowest BCUT2D eigenvalue weighted by molar-refractivity contribution is -0.384. The van der Waals surface area contributed by atoms with Crippen molar-refractivity contribution < 1.29 is 14.2 Å². The molecular formula is C21H30IN7O4. The molecule has 33 heavy (non-hydrogen) atoms. The second-order valence-corrected chi connectivity index (χ2v) is 7.90. The Bertz CT molecular complexity index is 954. The van der Waals surface area contributed by atoms with Crippen LogP contribution in [0.2, 0.25) is 0 Å². The molecule has 1 aliphatic rings. The van der Waals surface area contributed by atoms with Gasteiger partial charge >= 0.3 is 0 Å². The minimum atomic E-state index is -0.424. The molecule has 0 spiro atoms. The molecule has 1 fully saturated rings. The first-order chi connectivity index (χ1) is 15.3. The molecule has 0 aliphatic carbocycles. The Morgan fingerprint density at radius 1 is 1.24 bits per heavy atom. The fraction of sp³-hybridized carbons (Fsp3) is 0.476. The van der Waals surface area contributed by atoms with Crippen molar-refractivity contribution in [1.29, 1.82) is 0 Å². The molecule has 11 nitrogen and oxygen atoms in total. The summed E-state index contributed by atoms with van der Waals surface area (Å²) in [6, 6.07) is 8.28. The summed E-state index contributed by atoms with van der Waals surface area (Å²) in [6.45, 7) is 6.25. The number of aliphatic imine (C=N–C) groups is 1. The van der Waals surface area contributed by atoms with Crippen molar-refractivity contribution in [1.82, 2.24) is 25.2 Å². The van der Waals surface area contributed by atoms with Crippen LogP contribution < -0.4 is 5.32 Å². The van der Waals surface area contributed by atoms with Gasteiger partial charge < -0.3 is 19.6 Å². The van der Waals surface area contributed by atoms with Gasteiger partial charge in [-0.1, -0.05) is 17.3 Å². The van der Waals surface area contributed by atoms with Crippen molar-refractivity contribution in [3.05, 3.63) is 57.5 Å². The zero-order valence-corrected chi connectivity index (χ0v) is 21.4. The molecule has 180 valence electrons. The molecule has 0 saturated carbocycles. The van der Waals surface area contributed by atoms with Gasteiger partial charge in [0.15, 0.2) is 5.96 Å². The van der Waals surface area contributed by atoms with Crippen molar-refractivity contribution in [2.45, 2.75) is 20.0 Å². The smallest absolute Gasteiger partial charge is 0.269 e.